The van der Waals surface area contributed by atoms with Gasteiger partial charge in [0.05, 0.1) is 12.8 Å². The molecule has 0 fully saturated rings. The number of hydrogen-bond acceptors (Lipinski definition) is 4. The summed E-state index contributed by atoms with van der Waals surface area (Å²) in [5, 5.41) is 2.80. The fourth-order valence-corrected chi connectivity index (χ4v) is 2.40. The number of carbonyl (C=O) groups is 1. The minimum atomic E-state index is -0.221. The van der Waals surface area contributed by atoms with Crippen molar-refractivity contribution in [3.8, 4) is 0 Å². The predicted molar refractivity (Wildman–Crippen MR) is 92.7 cm³/mol. The van der Waals surface area contributed by atoms with E-state index in [1.165, 1.54) is 5.56 Å². The van der Waals surface area contributed by atoms with Crippen molar-refractivity contribution in [3.05, 3.63) is 84.1 Å². The fraction of sp³-hybridized carbons (Fsp3) is 0.158. The third kappa shape index (κ3) is 4.01. The lowest BCUT2D eigenvalue weighted by molar-refractivity contribution is 0.0943. The van der Waals surface area contributed by atoms with Gasteiger partial charge in [-0.05, 0) is 29.8 Å². The summed E-state index contributed by atoms with van der Waals surface area (Å²) in [5.74, 6) is 0.488. The first-order chi connectivity index (χ1) is 11.7. The Morgan fingerprint density at radius 3 is 2.75 bits per heavy atom. The zero-order valence-electron chi connectivity index (χ0n) is 13.5. The summed E-state index contributed by atoms with van der Waals surface area (Å²) in [6.45, 7) is 1.11. The second-order valence-corrected chi connectivity index (χ2v) is 5.50. The lowest BCUT2D eigenvalue weighted by Crippen LogP contribution is -2.24. The van der Waals surface area contributed by atoms with Crippen LogP contribution < -0.4 is 10.2 Å². The molecule has 5 heteroatoms. The largest absolute Gasteiger partial charge is 0.467 e. The highest BCUT2D eigenvalue weighted by Crippen LogP contribution is 2.16. The van der Waals surface area contributed by atoms with E-state index in [9.17, 15) is 4.79 Å². The molecule has 122 valence electrons. The van der Waals surface area contributed by atoms with Crippen molar-refractivity contribution in [2.75, 3.05) is 11.9 Å². The van der Waals surface area contributed by atoms with Crippen molar-refractivity contribution in [2.45, 2.75) is 13.1 Å². The van der Waals surface area contributed by atoms with Crippen LogP contribution in [-0.2, 0) is 13.1 Å². The molecular formula is C19H19N3O2. The number of furan rings is 1. The van der Waals surface area contributed by atoms with E-state index in [-0.39, 0.29) is 5.91 Å². The van der Waals surface area contributed by atoms with Crippen LogP contribution in [0.25, 0.3) is 0 Å². The van der Waals surface area contributed by atoms with Crippen LogP contribution in [0.2, 0.25) is 0 Å². The first-order valence-corrected chi connectivity index (χ1v) is 7.74. The Hall–Kier alpha value is -3.08. The Labute approximate surface area is 140 Å². The summed E-state index contributed by atoms with van der Waals surface area (Å²) in [7, 11) is 1.99. The fourth-order valence-electron chi connectivity index (χ4n) is 2.40. The topological polar surface area (TPSA) is 58.4 Å². The number of rotatable bonds is 6. The van der Waals surface area contributed by atoms with Gasteiger partial charge in [-0.25, -0.2) is 0 Å². The zero-order valence-corrected chi connectivity index (χ0v) is 13.5. The van der Waals surface area contributed by atoms with Gasteiger partial charge < -0.3 is 14.6 Å². The maximum Gasteiger partial charge on any atom is 0.270 e. The molecule has 0 spiro atoms. The second kappa shape index (κ2) is 7.46. The Bertz CT molecular complexity index is 785. The van der Waals surface area contributed by atoms with Crippen molar-refractivity contribution < 1.29 is 9.21 Å². The molecule has 5 nitrogen and oxygen atoms in total. The molecule has 2 aromatic heterocycles. The lowest BCUT2D eigenvalue weighted by Gasteiger charge is -2.19. The van der Waals surface area contributed by atoms with Crippen LogP contribution in [0.3, 0.4) is 0 Å². The molecule has 0 atom stereocenters. The van der Waals surface area contributed by atoms with Crippen molar-refractivity contribution in [2.24, 2.45) is 0 Å². The predicted octanol–water partition coefficient (Wildman–Crippen LogP) is 3.24. The summed E-state index contributed by atoms with van der Waals surface area (Å²) in [6.07, 6.45) is 3.23. The van der Waals surface area contributed by atoms with Crippen LogP contribution in [0, 0.1) is 0 Å². The summed E-state index contributed by atoms with van der Waals surface area (Å²) in [6, 6.07) is 17.5. The number of nitrogens with one attached hydrogen (secondary N) is 1. The van der Waals surface area contributed by atoms with E-state index in [1.807, 2.05) is 37.4 Å². The third-order valence-electron chi connectivity index (χ3n) is 3.68. The van der Waals surface area contributed by atoms with Gasteiger partial charge in [0.15, 0.2) is 0 Å². The molecule has 0 aliphatic rings. The van der Waals surface area contributed by atoms with Gasteiger partial charge in [0.25, 0.3) is 5.91 Å². The Morgan fingerprint density at radius 2 is 2.00 bits per heavy atom. The Balaban J connectivity index is 1.65. The summed E-state index contributed by atoms with van der Waals surface area (Å²) < 4.78 is 5.20. The molecule has 1 aromatic carbocycles. The molecule has 1 amide bonds. The molecule has 0 radical (unpaired) electrons. The number of pyridine rings is 1. The normalized spacial score (nSPS) is 10.4. The first-order valence-electron chi connectivity index (χ1n) is 7.74. The SMILES string of the molecule is CN(Cc1ccccc1)c1ccnc(C(=O)NCc2ccco2)c1. The van der Waals surface area contributed by atoms with E-state index in [0.717, 1.165) is 12.2 Å². The van der Waals surface area contributed by atoms with E-state index < -0.39 is 0 Å². The number of benzene rings is 1. The van der Waals surface area contributed by atoms with E-state index in [2.05, 4.69) is 27.3 Å². The molecule has 0 unspecified atom stereocenters. The summed E-state index contributed by atoms with van der Waals surface area (Å²) in [5.41, 5.74) is 2.54. The van der Waals surface area contributed by atoms with Crippen molar-refractivity contribution in [3.63, 3.8) is 0 Å². The van der Waals surface area contributed by atoms with Crippen molar-refractivity contribution in [1.82, 2.24) is 10.3 Å². The number of anilines is 1. The highest BCUT2D eigenvalue weighted by Gasteiger charge is 2.10. The number of hydrogen-bond donors (Lipinski definition) is 1. The maximum absolute atomic E-state index is 12.2. The molecule has 1 N–H and O–H groups in total. The maximum atomic E-state index is 12.2. The van der Waals surface area contributed by atoms with Crippen molar-refractivity contribution >= 4 is 11.6 Å². The highest BCUT2D eigenvalue weighted by atomic mass is 16.3. The van der Waals surface area contributed by atoms with Crippen molar-refractivity contribution in [1.29, 1.82) is 0 Å². The van der Waals surface area contributed by atoms with Gasteiger partial charge in [-0.3, -0.25) is 9.78 Å². The average Bonchev–Trinajstić information content (AvgIpc) is 3.14. The smallest absolute Gasteiger partial charge is 0.270 e. The van der Waals surface area contributed by atoms with E-state index >= 15 is 0 Å². The van der Waals surface area contributed by atoms with E-state index in [1.54, 1.807) is 24.6 Å². The molecule has 0 saturated heterocycles. The monoisotopic (exact) mass is 321 g/mol. The Kier molecular flexibility index (Phi) is 4.91. The molecule has 2 heterocycles. The van der Waals surface area contributed by atoms with E-state index in [4.69, 9.17) is 4.42 Å². The van der Waals surface area contributed by atoms with Crippen LogP contribution in [0.5, 0.6) is 0 Å². The lowest BCUT2D eigenvalue weighted by atomic mass is 10.2. The molecular weight excluding hydrogens is 302 g/mol. The number of aromatic nitrogens is 1. The standard InChI is InChI=1S/C19H19N3O2/c1-22(14-15-6-3-2-4-7-15)16-9-10-20-18(12-16)19(23)21-13-17-8-5-11-24-17/h2-12H,13-14H2,1H3,(H,21,23). The third-order valence-corrected chi connectivity index (χ3v) is 3.68. The van der Waals surface area contributed by atoms with Crippen LogP contribution >= 0.6 is 0 Å². The minimum absolute atomic E-state index is 0.221. The van der Waals surface area contributed by atoms with Gasteiger partial charge in [0, 0.05) is 25.5 Å². The number of amides is 1. The van der Waals surface area contributed by atoms with Crippen LogP contribution in [-0.4, -0.2) is 17.9 Å². The average molecular weight is 321 g/mol. The summed E-state index contributed by atoms with van der Waals surface area (Å²) in [4.78, 5) is 18.5. The van der Waals surface area contributed by atoms with Gasteiger partial charge in [-0.15, -0.1) is 0 Å². The minimum Gasteiger partial charge on any atom is -0.467 e. The molecule has 0 aliphatic heterocycles. The zero-order chi connectivity index (χ0) is 16.8. The first kappa shape index (κ1) is 15.8. The molecule has 0 saturated carbocycles. The van der Waals surface area contributed by atoms with Crippen LogP contribution in [0.1, 0.15) is 21.8 Å². The van der Waals surface area contributed by atoms with Gasteiger partial charge in [-0.2, -0.15) is 0 Å². The number of nitrogens with zero attached hydrogens (tertiary/aromatic N) is 2. The molecule has 24 heavy (non-hydrogen) atoms. The van der Waals surface area contributed by atoms with Crippen LogP contribution in [0.15, 0.2) is 71.5 Å². The van der Waals surface area contributed by atoms with Gasteiger partial charge in [-0.1, -0.05) is 30.3 Å². The quantitative estimate of drug-likeness (QED) is 0.757. The molecule has 3 aromatic rings. The van der Waals surface area contributed by atoms with Gasteiger partial charge in [0.2, 0.25) is 0 Å². The Morgan fingerprint density at radius 1 is 1.17 bits per heavy atom. The van der Waals surface area contributed by atoms with Gasteiger partial charge >= 0.3 is 0 Å². The second-order valence-electron chi connectivity index (χ2n) is 5.50. The molecule has 3 rings (SSSR count). The highest BCUT2D eigenvalue weighted by molar-refractivity contribution is 5.93. The summed E-state index contributed by atoms with van der Waals surface area (Å²) >= 11 is 0. The molecule has 0 aliphatic carbocycles. The van der Waals surface area contributed by atoms with Gasteiger partial charge in [0.1, 0.15) is 11.5 Å². The molecule has 0 bridgehead atoms. The van der Waals surface area contributed by atoms with Crippen LogP contribution in [0.4, 0.5) is 5.69 Å². The van der Waals surface area contributed by atoms with E-state index in [0.29, 0.717) is 18.0 Å². The number of carbonyl (C=O) groups excluding carboxylic acids is 1.